The van der Waals surface area contributed by atoms with Gasteiger partial charge >= 0.3 is 0 Å². The van der Waals surface area contributed by atoms with Crippen LogP contribution in [0.1, 0.15) is 12.6 Å². The summed E-state index contributed by atoms with van der Waals surface area (Å²) < 4.78 is 7.76. The number of fused-ring (bicyclic) bond motifs is 2. The Kier molecular flexibility index (Phi) is 4.65. The van der Waals surface area contributed by atoms with Crippen molar-refractivity contribution in [3.05, 3.63) is 58.0 Å². The Morgan fingerprint density at radius 3 is 3.08 bits per heavy atom. The van der Waals surface area contributed by atoms with E-state index in [9.17, 15) is 4.79 Å². The van der Waals surface area contributed by atoms with Crippen molar-refractivity contribution in [2.45, 2.75) is 19.6 Å². The first-order valence-electron chi connectivity index (χ1n) is 8.79. The lowest BCUT2D eigenvalue weighted by atomic mass is 10.2. The predicted molar refractivity (Wildman–Crippen MR) is 104 cm³/mol. The SMILES string of the molecule is CCN1C[C@H](CN(C)Cc2cc(=O)n3ccsc3n2)Oc2ccccc21. The standard InChI is InChI=1S/C19H22N4O2S/c1-3-22-13-15(25-17-7-5-4-6-16(17)22)12-21(2)11-14-10-18(24)23-8-9-26-19(23)20-14/h4-10,15H,3,11-13H2,1-2H3/t15-/m0/s1. The Morgan fingerprint density at radius 2 is 2.23 bits per heavy atom. The highest BCUT2D eigenvalue weighted by molar-refractivity contribution is 7.15. The van der Waals surface area contributed by atoms with Gasteiger partial charge in [-0.15, -0.1) is 11.3 Å². The van der Waals surface area contributed by atoms with Crippen LogP contribution in [0.15, 0.2) is 46.7 Å². The molecule has 136 valence electrons. The molecule has 0 bridgehead atoms. The molecule has 0 radical (unpaired) electrons. The first-order valence-corrected chi connectivity index (χ1v) is 9.67. The third-order valence-corrected chi connectivity index (χ3v) is 5.37. The van der Waals surface area contributed by atoms with E-state index in [2.05, 4.69) is 27.8 Å². The van der Waals surface area contributed by atoms with Gasteiger partial charge < -0.3 is 9.64 Å². The fourth-order valence-electron chi connectivity index (χ4n) is 3.43. The van der Waals surface area contributed by atoms with E-state index in [0.29, 0.717) is 6.54 Å². The topological polar surface area (TPSA) is 50.1 Å². The van der Waals surface area contributed by atoms with E-state index in [1.54, 1.807) is 16.7 Å². The van der Waals surface area contributed by atoms with Gasteiger partial charge in [0.1, 0.15) is 11.9 Å². The minimum absolute atomic E-state index is 0.0281. The number of para-hydroxylation sites is 2. The van der Waals surface area contributed by atoms with Gasteiger partial charge in [-0.3, -0.25) is 14.1 Å². The zero-order valence-corrected chi connectivity index (χ0v) is 15.8. The largest absolute Gasteiger partial charge is 0.485 e. The molecule has 0 aliphatic carbocycles. The summed E-state index contributed by atoms with van der Waals surface area (Å²) in [6.45, 7) is 5.37. The van der Waals surface area contributed by atoms with E-state index in [1.165, 1.54) is 11.3 Å². The van der Waals surface area contributed by atoms with Crippen LogP contribution in [0.3, 0.4) is 0 Å². The second kappa shape index (κ2) is 7.09. The molecule has 0 amide bonds. The van der Waals surface area contributed by atoms with Crippen LogP contribution < -0.4 is 15.2 Å². The van der Waals surface area contributed by atoms with E-state index in [0.717, 1.165) is 41.7 Å². The number of thiazole rings is 1. The van der Waals surface area contributed by atoms with Crippen molar-refractivity contribution in [3.63, 3.8) is 0 Å². The number of hydrogen-bond donors (Lipinski definition) is 0. The van der Waals surface area contributed by atoms with Crippen LogP contribution in [-0.2, 0) is 6.54 Å². The van der Waals surface area contributed by atoms with Gasteiger partial charge in [-0.05, 0) is 26.1 Å². The van der Waals surface area contributed by atoms with Crippen LogP contribution in [0, 0.1) is 0 Å². The average molecular weight is 370 g/mol. The maximum absolute atomic E-state index is 12.1. The van der Waals surface area contributed by atoms with Crippen molar-refractivity contribution >= 4 is 22.0 Å². The summed E-state index contributed by atoms with van der Waals surface area (Å²) in [6, 6.07) is 9.80. The van der Waals surface area contributed by atoms with Gasteiger partial charge in [0.2, 0.25) is 0 Å². The molecule has 1 aromatic carbocycles. The van der Waals surface area contributed by atoms with Crippen LogP contribution in [0.4, 0.5) is 5.69 Å². The van der Waals surface area contributed by atoms with E-state index in [-0.39, 0.29) is 11.7 Å². The Morgan fingerprint density at radius 1 is 1.38 bits per heavy atom. The summed E-state index contributed by atoms with van der Waals surface area (Å²) in [5.41, 5.74) is 1.93. The molecule has 1 atom stereocenters. The van der Waals surface area contributed by atoms with Crippen molar-refractivity contribution in [1.29, 1.82) is 0 Å². The van der Waals surface area contributed by atoms with Gasteiger partial charge in [-0.2, -0.15) is 0 Å². The summed E-state index contributed by atoms with van der Waals surface area (Å²) in [5.74, 6) is 0.940. The molecule has 26 heavy (non-hydrogen) atoms. The Balaban J connectivity index is 1.46. The zero-order chi connectivity index (χ0) is 18.1. The number of benzene rings is 1. The fourth-order valence-corrected chi connectivity index (χ4v) is 4.17. The molecule has 0 saturated heterocycles. The van der Waals surface area contributed by atoms with Crippen molar-refractivity contribution in [2.24, 2.45) is 0 Å². The summed E-state index contributed by atoms with van der Waals surface area (Å²) in [4.78, 5) is 22.0. The molecular formula is C19H22N4O2S. The molecule has 0 N–H and O–H groups in total. The summed E-state index contributed by atoms with van der Waals surface area (Å²) in [7, 11) is 2.04. The highest BCUT2D eigenvalue weighted by atomic mass is 32.1. The molecule has 0 spiro atoms. The molecule has 3 heterocycles. The first-order chi connectivity index (χ1) is 12.6. The Bertz CT molecular complexity index is 967. The lowest BCUT2D eigenvalue weighted by Gasteiger charge is -2.37. The van der Waals surface area contributed by atoms with Crippen LogP contribution >= 0.6 is 11.3 Å². The van der Waals surface area contributed by atoms with Gasteiger partial charge in [0, 0.05) is 37.3 Å². The van der Waals surface area contributed by atoms with Gasteiger partial charge in [-0.1, -0.05) is 12.1 Å². The molecule has 7 heteroatoms. The number of nitrogens with zero attached hydrogens (tertiary/aromatic N) is 4. The Labute approximate surface area is 156 Å². The lowest BCUT2D eigenvalue weighted by molar-refractivity contribution is 0.139. The molecule has 3 aromatic rings. The number of anilines is 1. The maximum atomic E-state index is 12.1. The van der Waals surface area contributed by atoms with E-state index >= 15 is 0 Å². The maximum Gasteiger partial charge on any atom is 0.258 e. The lowest BCUT2D eigenvalue weighted by Crippen LogP contribution is -2.45. The second-order valence-corrected chi connectivity index (χ2v) is 7.46. The van der Waals surface area contributed by atoms with Crippen LogP contribution in [0.5, 0.6) is 5.75 Å². The molecule has 1 aliphatic rings. The molecule has 0 unspecified atom stereocenters. The quantitative estimate of drug-likeness (QED) is 0.691. The van der Waals surface area contributed by atoms with Gasteiger partial charge in [0.05, 0.1) is 17.9 Å². The molecule has 0 saturated carbocycles. The number of likely N-dealkylation sites (N-methyl/N-ethyl adjacent to an activating group) is 2. The molecule has 6 nitrogen and oxygen atoms in total. The first kappa shape index (κ1) is 17.1. The average Bonchev–Trinajstić information content (AvgIpc) is 3.10. The van der Waals surface area contributed by atoms with Crippen molar-refractivity contribution in [3.8, 4) is 5.75 Å². The number of ether oxygens (including phenoxy) is 1. The number of hydrogen-bond acceptors (Lipinski definition) is 6. The smallest absolute Gasteiger partial charge is 0.258 e. The summed E-state index contributed by atoms with van der Waals surface area (Å²) >= 11 is 1.48. The second-order valence-electron chi connectivity index (χ2n) is 6.58. The van der Waals surface area contributed by atoms with Crippen molar-refractivity contribution in [1.82, 2.24) is 14.3 Å². The molecule has 4 rings (SSSR count). The minimum Gasteiger partial charge on any atom is -0.485 e. The Hall–Kier alpha value is -2.38. The highest BCUT2D eigenvalue weighted by Gasteiger charge is 2.25. The van der Waals surface area contributed by atoms with E-state index < -0.39 is 0 Å². The van der Waals surface area contributed by atoms with Gasteiger partial charge in [0.25, 0.3) is 5.56 Å². The van der Waals surface area contributed by atoms with Crippen LogP contribution in [0.2, 0.25) is 0 Å². The van der Waals surface area contributed by atoms with Crippen LogP contribution in [-0.4, -0.2) is 47.1 Å². The highest BCUT2D eigenvalue weighted by Crippen LogP contribution is 2.32. The van der Waals surface area contributed by atoms with E-state index in [4.69, 9.17) is 4.74 Å². The van der Waals surface area contributed by atoms with Gasteiger partial charge in [-0.25, -0.2) is 4.98 Å². The minimum atomic E-state index is -0.0281. The normalized spacial score (nSPS) is 16.7. The molecule has 0 fully saturated rings. The predicted octanol–water partition coefficient (Wildman–Crippen LogP) is 2.48. The molecule has 2 aromatic heterocycles. The van der Waals surface area contributed by atoms with Crippen molar-refractivity contribution < 1.29 is 4.74 Å². The number of rotatable bonds is 5. The fraction of sp³-hybridized carbons (Fsp3) is 0.368. The third-order valence-electron chi connectivity index (χ3n) is 4.61. The summed E-state index contributed by atoms with van der Waals surface area (Å²) in [5, 5.41) is 1.88. The summed E-state index contributed by atoms with van der Waals surface area (Å²) in [6.07, 6.45) is 1.84. The molecular weight excluding hydrogens is 348 g/mol. The number of aromatic nitrogens is 2. The van der Waals surface area contributed by atoms with Crippen molar-refractivity contribution in [2.75, 3.05) is 31.6 Å². The van der Waals surface area contributed by atoms with E-state index in [1.807, 2.05) is 30.6 Å². The van der Waals surface area contributed by atoms with Gasteiger partial charge in [0.15, 0.2) is 4.96 Å². The monoisotopic (exact) mass is 370 g/mol. The molecule has 1 aliphatic heterocycles. The van der Waals surface area contributed by atoms with Crippen LogP contribution in [0.25, 0.3) is 4.96 Å². The zero-order valence-electron chi connectivity index (χ0n) is 15.0. The third kappa shape index (κ3) is 3.32.